The fourth-order valence-corrected chi connectivity index (χ4v) is 2.13. The molecule has 120 valence electrons. The Morgan fingerprint density at radius 2 is 2.04 bits per heavy atom. The molecule has 0 unspecified atom stereocenters. The predicted molar refractivity (Wildman–Crippen MR) is 86.0 cm³/mol. The van der Waals surface area contributed by atoms with Gasteiger partial charge in [0.15, 0.2) is 12.4 Å². The molecule has 1 heterocycles. The number of ether oxygens (including phenoxy) is 1. The third kappa shape index (κ3) is 4.58. The summed E-state index contributed by atoms with van der Waals surface area (Å²) < 4.78 is 4.84. The van der Waals surface area contributed by atoms with Gasteiger partial charge in [0.1, 0.15) is 11.3 Å². The Morgan fingerprint density at radius 1 is 1.30 bits per heavy atom. The van der Waals surface area contributed by atoms with E-state index in [0.29, 0.717) is 5.02 Å². The van der Waals surface area contributed by atoms with Crippen molar-refractivity contribution in [3.63, 3.8) is 0 Å². The summed E-state index contributed by atoms with van der Waals surface area (Å²) in [4.78, 5) is 27.4. The summed E-state index contributed by atoms with van der Waals surface area (Å²) >= 11 is 11.6. The fourth-order valence-electron chi connectivity index (χ4n) is 1.70. The average molecular weight is 355 g/mol. The van der Waals surface area contributed by atoms with Crippen LogP contribution in [0.4, 0.5) is 5.82 Å². The highest BCUT2D eigenvalue weighted by Crippen LogP contribution is 2.22. The van der Waals surface area contributed by atoms with Crippen LogP contribution >= 0.6 is 23.2 Å². The number of halogens is 2. The normalized spacial score (nSPS) is 10.2. The molecule has 6 nitrogen and oxygen atoms in total. The van der Waals surface area contributed by atoms with E-state index in [4.69, 9.17) is 27.9 Å². The Balaban J connectivity index is 1.94. The maximum absolute atomic E-state index is 11.8. The molecule has 0 spiro atoms. The molecule has 0 bridgehead atoms. The average Bonchev–Trinajstić information content (AvgIpc) is 2.48. The molecule has 1 aromatic heterocycles. The second kappa shape index (κ2) is 7.30. The number of anilines is 1. The Morgan fingerprint density at radius 3 is 2.70 bits per heavy atom. The van der Waals surface area contributed by atoms with E-state index in [2.05, 4.69) is 10.3 Å². The molecule has 0 radical (unpaired) electrons. The molecule has 0 fully saturated rings. The number of carbonyl (C=O) groups is 2. The number of nitrogens with one attached hydrogen (secondary N) is 1. The zero-order valence-electron chi connectivity index (χ0n) is 12.0. The summed E-state index contributed by atoms with van der Waals surface area (Å²) in [5.74, 6) is -1.54. The van der Waals surface area contributed by atoms with Crippen molar-refractivity contribution in [1.82, 2.24) is 4.98 Å². The Kier molecular flexibility index (Phi) is 5.41. The number of phenols is 1. The van der Waals surface area contributed by atoms with E-state index in [1.54, 1.807) is 13.0 Å². The van der Waals surface area contributed by atoms with Crippen LogP contribution < -0.4 is 5.32 Å². The van der Waals surface area contributed by atoms with E-state index >= 15 is 0 Å². The number of hydrogen-bond donors (Lipinski definition) is 2. The SMILES string of the molecule is Cc1ccc(C(=O)OCC(=O)Nc2ncc(Cl)cc2Cl)c(O)c1. The number of hydrogen-bond acceptors (Lipinski definition) is 5. The van der Waals surface area contributed by atoms with Gasteiger partial charge < -0.3 is 15.2 Å². The molecule has 0 atom stereocenters. The highest BCUT2D eigenvalue weighted by atomic mass is 35.5. The van der Waals surface area contributed by atoms with Crippen molar-refractivity contribution >= 4 is 40.9 Å². The van der Waals surface area contributed by atoms with E-state index in [1.807, 2.05) is 0 Å². The van der Waals surface area contributed by atoms with Gasteiger partial charge in [0.25, 0.3) is 5.91 Å². The van der Waals surface area contributed by atoms with Crippen LogP contribution in [-0.2, 0) is 9.53 Å². The largest absolute Gasteiger partial charge is 0.507 e. The molecule has 0 aliphatic heterocycles. The minimum absolute atomic E-state index is 0.0222. The maximum Gasteiger partial charge on any atom is 0.342 e. The summed E-state index contributed by atoms with van der Waals surface area (Å²) in [6.07, 6.45) is 1.32. The van der Waals surface area contributed by atoms with Crippen molar-refractivity contribution in [2.45, 2.75) is 6.92 Å². The smallest absolute Gasteiger partial charge is 0.342 e. The van der Waals surface area contributed by atoms with Crippen molar-refractivity contribution < 1.29 is 19.4 Å². The lowest BCUT2D eigenvalue weighted by Gasteiger charge is -2.08. The van der Waals surface area contributed by atoms with Crippen molar-refractivity contribution in [2.24, 2.45) is 0 Å². The van der Waals surface area contributed by atoms with Gasteiger partial charge in [-0.15, -0.1) is 0 Å². The molecule has 23 heavy (non-hydrogen) atoms. The third-order valence-electron chi connectivity index (χ3n) is 2.77. The second-order valence-electron chi connectivity index (χ2n) is 4.63. The summed E-state index contributed by atoms with van der Waals surface area (Å²) in [6.45, 7) is 1.22. The van der Waals surface area contributed by atoms with Gasteiger partial charge in [0, 0.05) is 6.20 Å². The van der Waals surface area contributed by atoms with Crippen LogP contribution in [0.2, 0.25) is 10.0 Å². The standard InChI is InChI=1S/C15H12Cl2N2O4/c1-8-2-3-10(12(20)4-8)15(22)23-7-13(21)19-14-11(17)5-9(16)6-18-14/h2-6,20H,7H2,1H3,(H,18,19,21). The van der Waals surface area contributed by atoms with Gasteiger partial charge >= 0.3 is 5.97 Å². The first-order valence-electron chi connectivity index (χ1n) is 6.44. The number of aryl methyl sites for hydroxylation is 1. The van der Waals surface area contributed by atoms with Crippen LogP contribution in [-0.4, -0.2) is 28.6 Å². The van der Waals surface area contributed by atoms with E-state index in [0.717, 1.165) is 5.56 Å². The fraction of sp³-hybridized carbons (Fsp3) is 0.133. The van der Waals surface area contributed by atoms with E-state index in [9.17, 15) is 14.7 Å². The van der Waals surface area contributed by atoms with Crippen molar-refractivity contribution in [1.29, 1.82) is 0 Å². The topological polar surface area (TPSA) is 88.5 Å². The summed E-state index contributed by atoms with van der Waals surface area (Å²) in [6, 6.07) is 5.91. The van der Waals surface area contributed by atoms with Crippen molar-refractivity contribution in [3.8, 4) is 5.75 Å². The second-order valence-corrected chi connectivity index (χ2v) is 5.47. The summed E-state index contributed by atoms with van der Waals surface area (Å²) in [5, 5.41) is 12.6. The number of carbonyl (C=O) groups excluding carboxylic acids is 2. The molecule has 8 heteroatoms. The molecule has 0 aliphatic rings. The van der Waals surface area contributed by atoms with E-state index in [1.165, 1.54) is 24.4 Å². The molecule has 1 aromatic carbocycles. The van der Waals surface area contributed by atoms with Crippen LogP contribution in [0.3, 0.4) is 0 Å². The molecule has 0 saturated carbocycles. The van der Waals surface area contributed by atoms with Crippen LogP contribution in [0, 0.1) is 6.92 Å². The number of benzene rings is 1. The van der Waals surface area contributed by atoms with Crippen molar-refractivity contribution in [2.75, 3.05) is 11.9 Å². The highest BCUT2D eigenvalue weighted by molar-refractivity contribution is 6.36. The van der Waals surface area contributed by atoms with Gasteiger partial charge in [-0.3, -0.25) is 4.79 Å². The van der Waals surface area contributed by atoms with Crippen LogP contribution in [0.1, 0.15) is 15.9 Å². The van der Waals surface area contributed by atoms with Gasteiger partial charge in [0.2, 0.25) is 0 Å². The number of aromatic nitrogens is 1. The number of aromatic hydroxyl groups is 1. The number of esters is 1. The lowest BCUT2D eigenvalue weighted by Crippen LogP contribution is -2.21. The quantitative estimate of drug-likeness (QED) is 0.823. The van der Waals surface area contributed by atoms with Gasteiger partial charge in [-0.25, -0.2) is 9.78 Å². The van der Waals surface area contributed by atoms with Gasteiger partial charge in [-0.05, 0) is 30.7 Å². The van der Waals surface area contributed by atoms with E-state index in [-0.39, 0.29) is 22.2 Å². The Hall–Kier alpha value is -2.31. The Bertz CT molecular complexity index is 765. The number of pyridine rings is 1. The first-order valence-corrected chi connectivity index (χ1v) is 7.20. The van der Waals surface area contributed by atoms with Gasteiger partial charge in [-0.1, -0.05) is 29.3 Å². The number of amides is 1. The zero-order valence-corrected chi connectivity index (χ0v) is 13.5. The molecule has 2 N–H and O–H groups in total. The van der Waals surface area contributed by atoms with Crippen LogP contribution in [0.25, 0.3) is 0 Å². The van der Waals surface area contributed by atoms with Gasteiger partial charge in [-0.2, -0.15) is 0 Å². The molecule has 2 aromatic rings. The van der Waals surface area contributed by atoms with Crippen LogP contribution in [0.5, 0.6) is 5.75 Å². The first kappa shape index (κ1) is 17.1. The Labute approximate surface area is 142 Å². The molecular weight excluding hydrogens is 343 g/mol. The number of nitrogens with zero attached hydrogens (tertiary/aromatic N) is 1. The van der Waals surface area contributed by atoms with Crippen molar-refractivity contribution in [3.05, 3.63) is 51.6 Å². The molecule has 0 saturated heterocycles. The zero-order chi connectivity index (χ0) is 17.0. The monoisotopic (exact) mass is 354 g/mol. The van der Waals surface area contributed by atoms with E-state index < -0.39 is 18.5 Å². The first-order chi connectivity index (χ1) is 10.9. The molecule has 1 amide bonds. The molecule has 0 aliphatic carbocycles. The van der Waals surface area contributed by atoms with Gasteiger partial charge in [0.05, 0.1) is 10.0 Å². The number of phenolic OH excluding ortho intramolecular Hbond substituents is 1. The lowest BCUT2D eigenvalue weighted by atomic mass is 10.1. The van der Waals surface area contributed by atoms with Crippen LogP contribution in [0.15, 0.2) is 30.5 Å². The minimum Gasteiger partial charge on any atom is -0.507 e. The maximum atomic E-state index is 11.8. The summed E-state index contributed by atoms with van der Waals surface area (Å²) in [7, 11) is 0. The molecule has 2 rings (SSSR count). The predicted octanol–water partition coefficient (Wildman–Crippen LogP) is 3.20. The third-order valence-corrected chi connectivity index (χ3v) is 3.27. The summed E-state index contributed by atoms with van der Waals surface area (Å²) in [5.41, 5.74) is 0.770. The highest BCUT2D eigenvalue weighted by Gasteiger charge is 2.15. The molecular formula is C15H12Cl2N2O4. The minimum atomic E-state index is -0.812. The lowest BCUT2D eigenvalue weighted by molar-refractivity contribution is -0.119. The number of rotatable bonds is 4.